The van der Waals surface area contributed by atoms with E-state index in [1.165, 1.54) is 0 Å². The summed E-state index contributed by atoms with van der Waals surface area (Å²) < 4.78 is 13.2. The van der Waals surface area contributed by atoms with E-state index in [1.54, 1.807) is 18.2 Å². The van der Waals surface area contributed by atoms with Crippen LogP contribution in [0.15, 0.2) is 18.2 Å². The van der Waals surface area contributed by atoms with Crippen molar-refractivity contribution in [1.82, 2.24) is 0 Å². The summed E-state index contributed by atoms with van der Waals surface area (Å²) in [6, 6.07) is 5.27. The van der Waals surface area contributed by atoms with Crippen molar-refractivity contribution in [3.05, 3.63) is 33.8 Å². The Morgan fingerprint density at radius 1 is 1.53 bits per heavy atom. The normalized spacial score (nSPS) is 31.4. The average Bonchev–Trinajstić information content (AvgIpc) is 2.79. The lowest BCUT2D eigenvalue weighted by molar-refractivity contribution is 0.375. The number of hydrogen-bond donors (Lipinski definition) is 0. The maximum Gasteiger partial charge on any atom is 0.108 e. The zero-order valence-corrected chi connectivity index (χ0v) is 11.2. The maximum atomic E-state index is 13.2. The van der Waals surface area contributed by atoms with Crippen LogP contribution in [0.1, 0.15) is 23.7 Å². The minimum Gasteiger partial charge on any atom is -0.247 e. The Hall–Kier alpha value is 0.210. The first-order chi connectivity index (χ1) is 6.95. The molecule has 3 atom stereocenters. The van der Waals surface area contributed by atoms with Gasteiger partial charge in [-0.1, -0.05) is 46.1 Å². The molecule has 0 bridgehead atoms. The summed E-state index contributed by atoms with van der Waals surface area (Å²) in [5.74, 6) is 0. The zero-order chi connectivity index (χ0) is 11.2. The van der Waals surface area contributed by atoms with E-state index < -0.39 is 6.17 Å². The van der Waals surface area contributed by atoms with Crippen LogP contribution in [-0.4, -0.2) is 6.17 Å². The van der Waals surface area contributed by atoms with E-state index in [-0.39, 0.29) is 10.2 Å². The molecule has 1 fully saturated rings. The van der Waals surface area contributed by atoms with Gasteiger partial charge in [0, 0.05) is 20.3 Å². The Labute approximate surface area is 107 Å². The highest BCUT2D eigenvalue weighted by Gasteiger charge is 2.56. The summed E-state index contributed by atoms with van der Waals surface area (Å²) in [6.45, 7) is 1.91. The van der Waals surface area contributed by atoms with E-state index in [0.29, 0.717) is 16.5 Å². The highest BCUT2D eigenvalue weighted by Crippen LogP contribution is 2.61. The molecule has 0 nitrogen and oxygen atoms in total. The van der Waals surface area contributed by atoms with Gasteiger partial charge in [0.15, 0.2) is 0 Å². The van der Waals surface area contributed by atoms with Crippen molar-refractivity contribution in [2.45, 2.75) is 24.3 Å². The lowest BCUT2D eigenvalue weighted by atomic mass is 9.98. The number of alkyl halides is 2. The molecule has 1 saturated carbocycles. The molecule has 0 radical (unpaired) electrons. The molecule has 2 rings (SSSR count). The molecule has 1 aliphatic carbocycles. The van der Waals surface area contributed by atoms with Crippen molar-refractivity contribution in [3.63, 3.8) is 0 Å². The molecule has 0 N–H and O–H groups in total. The quantitative estimate of drug-likeness (QED) is 0.660. The van der Waals surface area contributed by atoms with Crippen molar-refractivity contribution in [1.29, 1.82) is 0 Å². The molecule has 15 heavy (non-hydrogen) atoms. The summed E-state index contributed by atoms with van der Waals surface area (Å²) >= 11 is 15.5. The number of benzene rings is 1. The van der Waals surface area contributed by atoms with Gasteiger partial charge in [0.25, 0.3) is 0 Å². The van der Waals surface area contributed by atoms with Gasteiger partial charge in [0.05, 0.1) is 0 Å². The molecule has 1 aromatic rings. The molecule has 82 valence electrons. The van der Waals surface area contributed by atoms with Gasteiger partial charge in [-0.15, -0.1) is 0 Å². The SMILES string of the molecule is CC1(C(Br)c2cc(Cl)ccc2Cl)CC1F. The molecule has 0 aromatic heterocycles. The Kier molecular flexibility index (Phi) is 3.04. The van der Waals surface area contributed by atoms with Crippen molar-refractivity contribution in [2.75, 3.05) is 0 Å². The Morgan fingerprint density at radius 2 is 2.13 bits per heavy atom. The molecule has 1 aliphatic rings. The summed E-state index contributed by atoms with van der Waals surface area (Å²) in [5, 5.41) is 1.25. The summed E-state index contributed by atoms with van der Waals surface area (Å²) in [4.78, 5) is -0.0776. The van der Waals surface area contributed by atoms with Crippen LogP contribution in [-0.2, 0) is 0 Å². The molecule has 3 unspecified atom stereocenters. The van der Waals surface area contributed by atoms with E-state index >= 15 is 0 Å². The van der Waals surface area contributed by atoms with Crippen molar-refractivity contribution in [2.24, 2.45) is 5.41 Å². The standard InChI is InChI=1S/C11H10BrCl2F/c1-11(5-9(11)15)10(12)7-4-6(13)2-3-8(7)14/h2-4,9-10H,5H2,1H3. The molecular weight excluding hydrogens is 302 g/mol. The fourth-order valence-electron chi connectivity index (χ4n) is 1.65. The third-order valence-electron chi connectivity index (χ3n) is 2.98. The van der Waals surface area contributed by atoms with Crippen LogP contribution in [0.4, 0.5) is 4.39 Å². The minimum atomic E-state index is -0.753. The number of rotatable bonds is 2. The van der Waals surface area contributed by atoms with Gasteiger partial charge >= 0.3 is 0 Å². The third kappa shape index (κ3) is 2.04. The molecule has 0 spiro atoms. The van der Waals surface area contributed by atoms with Gasteiger partial charge in [-0.05, 0) is 30.2 Å². The number of halogens is 4. The fourth-order valence-corrected chi connectivity index (χ4v) is 3.05. The van der Waals surface area contributed by atoms with Crippen LogP contribution >= 0.6 is 39.1 Å². The van der Waals surface area contributed by atoms with Crippen molar-refractivity contribution in [3.8, 4) is 0 Å². The van der Waals surface area contributed by atoms with Crippen LogP contribution < -0.4 is 0 Å². The largest absolute Gasteiger partial charge is 0.247 e. The summed E-state index contributed by atoms with van der Waals surface area (Å²) in [6.07, 6.45) is -0.178. The molecule has 4 heteroatoms. The van der Waals surface area contributed by atoms with Crippen molar-refractivity contribution < 1.29 is 4.39 Å². The first-order valence-electron chi connectivity index (χ1n) is 4.68. The van der Waals surface area contributed by atoms with Crippen LogP contribution in [0.3, 0.4) is 0 Å². The summed E-state index contributed by atoms with van der Waals surface area (Å²) in [7, 11) is 0. The Balaban J connectivity index is 2.33. The predicted molar refractivity (Wildman–Crippen MR) is 65.8 cm³/mol. The second-order valence-corrected chi connectivity index (χ2v) is 5.97. The zero-order valence-electron chi connectivity index (χ0n) is 8.11. The smallest absolute Gasteiger partial charge is 0.108 e. The third-order valence-corrected chi connectivity index (χ3v) is 5.10. The van der Waals surface area contributed by atoms with Gasteiger partial charge in [0.2, 0.25) is 0 Å². The molecule has 0 saturated heterocycles. The van der Waals surface area contributed by atoms with E-state index in [0.717, 1.165) is 5.56 Å². The molecule has 0 heterocycles. The van der Waals surface area contributed by atoms with E-state index in [1.807, 2.05) is 6.92 Å². The Morgan fingerprint density at radius 3 is 2.67 bits per heavy atom. The van der Waals surface area contributed by atoms with Crippen molar-refractivity contribution >= 4 is 39.1 Å². The number of hydrogen-bond acceptors (Lipinski definition) is 0. The van der Waals surface area contributed by atoms with Crippen LogP contribution in [0, 0.1) is 5.41 Å². The van der Waals surface area contributed by atoms with Gasteiger partial charge in [0.1, 0.15) is 6.17 Å². The van der Waals surface area contributed by atoms with Gasteiger partial charge in [-0.3, -0.25) is 0 Å². The second kappa shape index (κ2) is 3.90. The van der Waals surface area contributed by atoms with Crippen LogP contribution in [0.25, 0.3) is 0 Å². The van der Waals surface area contributed by atoms with E-state index in [4.69, 9.17) is 23.2 Å². The van der Waals surface area contributed by atoms with Gasteiger partial charge in [-0.2, -0.15) is 0 Å². The first kappa shape index (κ1) is 11.7. The van der Waals surface area contributed by atoms with Crippen LogP contribution in [0.2, 0.25) is 10.0 Å². The lowest BCUT2D eigenvalue weighted by Gasteiger charge is -2.18. The molecule has 1 aromatic carbocycles. The fraction of sp³-hybridized carbons (Fsp3) is 0.455. The monoisotopic (exact) mass is 310 g/mol. The molecule has 0 aliphatic heterocycles. The Bertz CT molecular complexity index is 396. The average molecular weight is 312 g/mol. The maximum absolute atomic E-state index is 13.2. The van der Waals surface area contributed by atoms with Gasteiger partial charge < -0.3 is 0 Å². The summed E-state index contributed by atoms with van der Waals surface area (Å²) in [5.41, 5.74) is 0.528. The topological polar surface area (TPSA) is 0 Å². The van der Waals surface area contributed by atoms with E-state index in [9.17, 15) is 4.39 Å². The lowest BCUT2D eigenvalue weighted by Crippen LogP contribution is -2.07. The minimum absolute atomic E-state index is 0.0776. The molecule has 0 amide bonds. The van der Waals surface area contributed by atoms with Crippen LogP contribution in [0.5, 0.6) is 0 Å². The van der Waals surface area contributed by atoms with E-state index in [2.05, 4.69) is 15.9 Å². The molecular formula is C11H10BrCl2F. The highest BCUT2D eigenvalue weighted by atomic mass is 79.9. The van der Waals surface area contributed by atoms with Gasteiger partial charge in [-0.25, -0.2) is 4.39 Å². The first-order valence-corrected chi connectivity index (χ1v) is 6.35. The predicted octanol–water partition coefficient (Wildman–Crippen LogP) is 5.18. The second-order valence-electron chi connectivity index (χ2n) is 4.21. The highest BCUT2D eigenvalue weighted by molar-refractivity contribution is 9.09.